The molecule has 2 heterocycles. The Morgan fingerprint density at radius 2 is 2.22 bits per heavy atom. The lowest BCUT2D eigenvalue weighted by Crippen LogP contribution is -2.35. The average Bonchev–Trinajstić information content (AvgIpc) is 2.82. The predicted octanol–water partition coefficient (Wildman–Crippen LogP) is 2.65. The molecule has 0 saturated carbocycles. The topological polar surface area (TPSA) is 41.3 Å². The summed E-state index contributed by atoms with van der Waals surface area (Å²) in [5, 5.41) is 4.52. The Morgan fingerprint density at radius 1 is 1.39 bits per heavy atom. The Hall–Kier alpha value is -1.55. The molecule has 4 heteroatoms. The van der Waals surface area contributed by atoms with Crippen LogP contribution in [0.2, 0.25) is 0 Å². The van der Waals surface area contributed by atoms with Gasteiger partial charge in [-0.25, -0.2) is 4.98 Å². The third-order valence-electron chi connectivity index (χ3n) is 2.97. The molecule has 2 aromatic heterocycles. The lowest BCUT2D eigenvalue weighted by Gasteiger charge is -2.23. The maximum atomic E-state index is 5.41. The first-order valence-corrected chi connectivity index (χ1v) is 6.53. The number of hydrogen-bond donors (Lipinski definition) is 1. The van der Waals surface area contributed by atoms with E-state index in [1.807, 2.05) is 12.1 Å². The molecule has 1 N–H and O–H groups in total. The van der Waals surface area contributed by atoms with E-state index in [1.165, 1.54) is 0 Å². The minimum absolute atomic E-state index is 0.515. The van der Waals surface area contributed by atoms with Crippen molar-refractivity contribution in [2.75, 3.05) is 24.5 Å². The van der Waals surface area contributed by atoms with Crippen LogP contribution in [0.15, 0.2) is 29.0 Å². The zero-order chi connectivity index (χ0) is 13.0. The number of furan rings is 1. The molecule has 0 atom stereocenters. The van der Waals surface area contributed by atoms with Gasteiger partial charge in [0.2, 0.25) is 0 Å². The van der Waals surface area contributed by atoms with Gasteiger partial charge in [-0.05, 0) is 19.1 Å². The smallest absolute Gasteiger partial charge is 0.139 e. The number of fused-ring (bicyclic) bond motifs is 1. The fourth-order valence-corrected chi connectivity index (χ4v) is 2.03. The number of rotatable bonds is 6. The monoisotopic (exact) mass is 247 g/mol. The summed E-state index contributed by atoms with van der Waals surface area (Å²) in [5.74, 6) is 1.01. The van der Waals surface area contributed by atoms with Crippen LogP contribution >= 0.6 is 0 Å². The molecule has 0 aliphatic carbocycles. The van der Waals surface area contributed by atoms with Crippen molar-refractivity contribution in [3.8, 4) is 0 Å². The van der Waals surface area contributed by atoms with Crippen LogP contribution in [-0.4, -0.2) is 30.7 Å². The van der Waals surface area contributed by atoms with Gasteiger partial charge in [-0.3, -0.25) is 0 Å². The van der Waals surface area contributed by atoms with E-state index in [0.717, 1.165) is 36.4 Å². The van der Waals surface area contributed by atoms with Gasteiger partial charge in [0.1, 0.15) is 11.4 Å². The van der Waals surface area contributed by atoms with Crippen LogP contribution < -0.4 is 10.2 Å². The van der Waals surface area contributed by atoms with Gasteiger partial charge in [-0.15, -0.1) is 0 Å². The molecule has 0 spiro atoms. The summed E-state index contributed by atoms with van der Waals surface area (Å²) in [7, 11) is 0. The van der Waals surface area contributed by atoms with Crippen molar-refractivity contribution in [3.63, 3.8) is 0 Å². The lowest BCUT2D eigenvalue weighted by molar-refractivity contribution is 0.582. The molecule has 2 aromatic rings. The Balaban J connectivity index is 2.14. The molecule has 0 fully saturated rings. The highest BCUT2D eigenvalue weighted by atomic mass is 16.3. The average molecular weight is 247 g/mol. The molecule has 18 heavy (non-hydrogen) atoms. The number of pyridine rings is 1. The van der Waals surface area contributed by atoms with Gasteiger partial charge in [-0.1, -0.05) is 13.8 Å². The third-order valence-corrected chi connectivity index (χ3v) is 2.97. The number of hydrogen-bond acceptors (Lipinski definition) is 4. The lowest BCUT2D eigenvalue weighted by atomic mass is 10.3. The van der Waals surface area contributed by atoms with Gasteiger partial charge in [0.25, 0.3) is 0 Å². The number of nitrogens with zero attached hydrogens (tertiary/aromatic N) is 2. The van der Waals surface area contributed by atoms with Crippen LogP contribution in [0.25, 0.3) is 11.0 Å². The maximum Gasteiger partial charge on any atom is 0.139 e. The summed E-state index contributed by atoms with van der Waals surface area (Å²) >= 11 is 0. The molecule has 2 rings (SSSR count). The SMILES string of the molecule is CCN(CCNC(C)C)c1nccc2occc12. The second-order valence-electron chi connectivity index (χ2n) is 4.66. The third kappa shape index (κ3) is 2.82. The Bertz CT molecular complexity index is 492. The highest BCUT2D eigenvalue weighted by Gasteiger charge is 2.11. The summed E-state index contributed by atoms with van der Waals surface area (Å²) < 4.78 is 5.41. The first-order chi connectivity index (χ1) is 8.72. The van der Waals surface area contributed by atoms with E-state index in [4.69, 9.17) is 4.42 Å². The number of likely N-dealkylation sites (N-methyl/N-ethyl adjacent to an activating group) is 1. The highest BCUT2D eigenvalue weighted by molar-refractivity contribution is 5.88. The van der Waals surface area contributed by atoms with E-state index < -0.39 is 0 Å². The fourth-order valence-electron chi connectivity index (χ4n) is 2.03. The quantitative estimate of drug-likeness (QED) is 0.852. The molecular formula is C14H21N3O. The normalized spacial score (nSPS) is 11.3. The molecule has 0 amide bonds. The van der Waals surface area contributed by atoms with Gasteiger partial charge in [0.15, 0.2) is 0 Å². The summed E-state index contributed by atoms with van der Waals surface area (Å²) in [6.45, 7) is 9.32. The molecule has 0 aromatic carbocycles. The first-order valence-electron chi connectivity index (χ1n) is 6.53. The number of nitrogens with one attached hydrogen (secondary N) is 1. The molecular weight excluding hydrogens is 226 g/mol. The van der Waals surface area contributed by atoms with Crippen molar-refractivity contribution in [2.24, 2.45) is 0 Å². The summed E-state index contributed by atoms with van der Waals surface area (Å²) in [5.41, 5.74) is 0.898. The van der Waals surface area contributed by atoms with Gasteiger partial charge in [0.05, 0.1) is 11.6 Å². The number of anilines is 1. The van der Waals surface area contributed by atoms with Gasteiger partial charge >= 0.3 is 0 Å². The van der Waals surface area contributed by atoms with Gasteiger partial charge in [0, 0.05) is 31.9 Å². The summed E-state index contributed by atoms with van der Waals surface area (Å²) in [6, 6.07) is 4.40. The molecule has 98 valence electrons. The minimum Gasteiger partial charge on any atom is -0.464 e. The van der Waals surface area contributed by atoms with E-state index in [0.29, 0.717) is 6.04 Å². The highest BCUT2D eigenvalue weighted by Crippen LogP contribution is 2.24. The van der Waals surface area contributed by atoms with Crippen LogP contribution in [-0.2, 0) is 0 Å². The van der Waals surface area contributed by atoms with Gasteiger partial charge in [-0.2, -0.15) is 0 Å². The summed E-state index contributed by atoms with van der Waals surface area (Å²) in [6.07, 6.45) is 3.52. The standard InChI is InChI=1S/C14H21N3O/c1-4-17(9-8-15-11(2)3)14-12-6-10-18-13(12)5-7-16-14/h5-7,10-11,15H,4,8-9H2,1-3H3. The van der Waals surface area contributed by atoms with E-state index in [-0.39, 0.29) is 0 Å². The molecule has 0 bridgehead atoms. The van der Waals surface area contributed by atoms with E-state index in [1.54, 1.807) is 12.5 Å². The Kier molecular flexibility index (Phi) is 4.20. The van der Waals surface area contributed by atoms with Crippen LogP contribution in [0, 0.1) is 0 Å². The molecule has 0 aliphatic heterocycles. The van der Waals surface area contributed by atoms with Crippen LogP contribution in [0.1, 0.15) is 20.8 Å². The molecule has 0 radical (unpaired) electrons. The van der Waals surface area contributed by atoms with E-state index >= 15 is 0 Å². The van der Waals surface area contributed by atoms with Crippen LogP contribution in [0.3, 0.4) is 0 Å². The largest absolute Gasteiger partial charge is 0.464 e. The molecule has 0 unspecified atom stereocenters. The fraction of sp³-hybridized carbons (Fsp3) is 0.500. The van der Waals surface area contributed by atoms with Crippen molar-refractivity contribution in [1.29, 1.82) is 0 Å². The summed E-state index contributed by atoms with van der Waals surface area (Å²) in [4.78, 5) is 6.76. The second kappa shape index (κ2) is 5.87. The van der Waals surface area contributed by atoms with Crippen LogP contribution in [0.5, 0.6) is 0 Å². The van der Waals surface area contributed by atoms with Crippen molar-refractivity contribution in [2.45, 2.75) is 26.8 Å². The van der Waals surface area contributed by atoms with Gasteiger partial charge < -0.3 is 14.6 Å². The Morgan fingerprint density at radius 3 is 2.94 bits per heavy atom. The van der Waals surface area contributed by atoms with E-state index in [2.05, 4.69) is 36.0 Å². The maximum absolute atomic E-state index is 5.41. The second-order valence-corrected chi connectivity index (χ2v) is 4.66. The predicted molar refractivity (Wildman–Crippen MR) is 75.0 cm³/mol. The first kappa shape index (κ1) is 12.9. The molecule has 0 aliphatic rings. The zero-order valence-electron chi connectivity index (χ0n) is 11.3. The number of aromatic nitrogens is 1. The van der Waals surface area contributed by atoms with E-state index in [9.17, 15) is 0 Å². The van der Waals surface area contributed by atoms with Crippen molar-refractivity contribution < 1.29 is 4.42 Å². The zero-order valence-corrected chi connectivity index (χ0v) is 11.3. The van der Waals surface area contributed by atoms with Crippen LogP contribution in [0.4, 0.5) is 5.82 Å². The van der Waals surface area contributed by atoms with Crippen molar-refractivity contribution in [1.82, 2.24) is 10.3 Å². The Labute approximate surface area is 108 Å². The molecule has 0 saturated heterocycles. The van der Waals surface area contributed by atoms with Crippen molar-refractivity contribution >= 4 is 16.8 Å². The minimum atomic E-state index is 0.515. The van der Waals surface area contributed by atoms with Crippen molar-refractivity contribution in [3.05, 3.63) is 24.6 Å². The molecule has 4 nitrogen and oxygen atoms in total.